The highest BCUT2D eigenvalue weighted by molar-refractivity contribution is 5.58. The van der Waals surface area contributed by atoms with Crippen LogP contribution in [0.15, 0.2) is 97.1 Å². The smallest absolute Gasteiger partial charge is 0.119 e. The Morgan fingerprint density at radius 2 is 0.650 bits per heavy atom. The molecule has 40 heavy (non-hydrogen) atoms. The third-order valence-corrected chi connectivity index (χ3v) is 7.55. The first-order valence-corrected chi connectivity index (χ1v) is 13.4. The number of aromatic hydroxyl groups is 4. The van der Waals surface area contributed by atoms with Crippen molar-refractivity contribution in [3.8, 4) is 23.0 Å². The van der Waals surface area contributed by atoms with Gasteiger partial charge in [-0.2, -0.15) is 0 Å². The van der Waals surface area contributed by atoms with Crippen LogP contribution in [0.2, 0.25) is 0 Å². The van der Waals surface area contributed by atoms with Crippen molar-refractivity contribution in [2.24, 2.45) is 0 Å². The average Bonchev–Trinajstić information content (AvgIpc) is 2.92. The van der Waals surface area contributed by atoms with Crippen LogP contribution in [0.3, 0.4) is 0 Å². The molecule has 0 aliphatic rings. The summed E-state index contributed by atoms with van der Waals surface area (Å²) in [5, 5.41) is 44.0. The molecule has 0 saturated heterocycles. The van der Waals surface area contributed by atoms with Crippen molar-refractivity contribution in [1.29, 1.82) is 0 Å². The van der Waals surface area contributed by atoms with Gasteiger partial charge in [0, 0.05) is 34.1 Å². The molecule has 4 heteroatoms. The fraction of sp³-hybridized carbons (Fsp3) is 0.167. The Bertz CT molecular complexity index is 1480. The van der Waals surface area contributed by atoms with Crippen LogP contribution in [-0.4, -0.2) is 20.4 Å². The Morgan fingerprint density at radius 3 is 0.925 bits per heavy atom. The van der Waals surface area contributed by atoms with Gasteiger partial charge in [0.1, 0.15) is 23.0 Å². The lowest BCUT2D eigenvalue weighted by atomic mass is 9.79. The predicted octanol–water partition coefficient (Wildman–Crippen LogP) is 8.10. The first-order valence-electron chi connectivity index (χ1n) is 13.4. The van der Waals surface area contributed by atoms with Gasteiger partial charge in [-0.1, -0.05) is 95.1 Å². The monoisotopic (exact) mass is 530 g/mol. The third kappa shape index (κ3) is 5.26. The van der Waals surface area contributed by atoms with Gasteiger partial charge in [-0.25, -0.2) is 0 Å². The van der Waals surface area contributed by atoms with Crippen molar-refractivity contribution in [2.45, 2.75) is 39.5 Å². The topological polar surface area (TPSA) is 80.9 Å². The molecule has 0 saturated carbocycles. The number of phenolic OH excluding ortho intramolecular Hbond substituents is 4. The molecule has 0 aliphatic carbocycles. The summed E-state index contributed by atoms with van der Waals surface area (Å²) >= 11 is 0. The molecule has 0 bridgehead atoms. The zero-order valence-electron chi connectivity index (χ0n) is 23.2. The second-order valence-electron chi connectivity index (χ2n) is 10.8. The summed E-state index contributed by atoms with van der Waals surface area (Å²) in [4.78, 5) is 0. The van der Waals surface area contributed by atoms with Crippen LogP contribution in [0, 0.1) is 27.7 Å². The van der Waals surface area contributed by atoms with Gasteiger partial charge in [0.05, 0.1) is 0 Å². The van der Waals surface area contributed by atoms with Crippen molar-refractivity contribution >= 4 is 0 Å². The second-order valence-corrected chi connectivity index (χ2v) is 10.8. The summed E-state index contributed by atoms with van der Waals surface area (Å²) in [7, 11) is 0. The van der Waals surface area contributed by atoms with E-state index in [-0.39, 0.29) is 23.0 Å². The minimum atomic E-state index is -0.461. The van der Waals surface area contributed by atoms with E-state index in [4.69, 9.17) is 0 Å². The van der Waals surface area contributed by atoms with Gasteiger partial charge in [-0.15, -0.1) is 0 Å². The van der Waals surface area contributed by atoms with Gasteiger partial charge in [-0.3, -0.25) is 0 Å². The molecular weight excluding hydrogens is 496 g/mol. The number of phenols is 4. The molecular formula is C36H34O4. The van der Waals surface area contributed by atoms with Gasteiger partial charge in [0.15, 0.2) is 0 Å². The summed E-state index contributed by atoms with van der Waals surface area (Å²) in [6.07, 6.45) is 0. The Labute approximate surface area is 235 Å². The number of hydrogen-bond acceptors (Lipinski definition) is 4. The van der Waals surface area contributed by atoms with Gasteiger partial charge < -0.3 is 20.4 Å². The third-order valence-electron chi connectivity index (χ3n) is 7.55. The molecule has 0 aromatic heterocycles. The van der Waals surface area contributed by atoms with Crippen molar-refractivity contribution < 1.29 is 20.4 Å². The molecule has 4 nitrogen and oxygen atoms in total. The maximum absolute atomic E-state index is 11.0. The van der Waals surface area contributed by atoms with Gasteiger partial charge in [-0.05, 0) is 63.1 Å². The first kappa shape index (κ1) is 26.9. The molecule has 0 radical (unpaired) electrons. The molecule has 4 N–H and O–H groups in total. The first-order chi connectivity index (χ1) is 19.1. The van der Waals surface area contributed by atoms with Crippen LogP contribution >= 0.6 is 0 Å². The van der Waals surface area contributed by atoms with Gasteiger partial charge in [0.25, 0.3) is 0 Å². The number of hydrogen-bond donors (Lipinski definition) is 4. The molecule has 5 rings (SSSR count). The SMILES string of the molecule is Cc1ccc(O)c(C(c2cccc(C(c3cc(C)ccc3O)c3cc(C)ccc3O)c2)c2cc(C)ccc2O)c1. The van der Waals surface area contributed by atoms with E-state index in [1.54, 1.807) is 24.3 Å². The number of aryl methyl sites for hydroxylation is 4. The molecule has 0 spiro atoms. The van der Waals surface area contributed by atoms with Crippen molar-refractivity contribution in [2.75, 3.05) is 0 Å². The summed E-state index contributed by atoms with van der Waals surface area (Å²) in [6.45, 7) is 7.90. The molecule has 0 aliphatic heterocycles. The minimum Gasteiger partial charge on any atom is -0.508 e. The van der Waals surface area contributed by atoms with Crippen molar-refractivity contribution in [1.82, 2.24) is 0 Å². The standard InChI is InChI=1S/C36H34O4/c1-21-8-12-31(37)27(16-21)35(28-17-22(2)9-13-32(28)38)25-6-5-7-26(20-25)36(29-18-23(3)10-14-33(29)39)30-19-24(4)11-15-34(30)40/h5-20,35-40H,1-4H3. The number of rotatable bonds is 6. The van der Waals surface area contributed by atoms with Gasteiger partial charge >= 0.3 is 0 Å². The van der Waals surface area contributed by atoms with E-state index in [1.165, 1.54) is 0 Å². The fourth-order valence-corrected chi connectivity index (χ4v) is 5.59. The highest BCUT2D eigenvalue weighted by Crippen LogP contribution is 2.45. The molecule has 0 unspecified atom stereocenters. The molecule has 0 heterocycles. The molecule has 202 valence electrons. The fourth-order valence-electron chi connectivity index (χ4n) is 5.59. The zero-order valence-corrected chi connectivity index (χ0v) is 23.2. The lowest BCUT2D eigenvalue weighted by Crippen LogP contribution is -2.09. The van der Waals surface area contributed by atoms with Gasteiger partial charge in [0.2, 0.25) is 0 Å². The quantitative estimate of drug-likeness (QED) is 0.167. The lowest BCUT2D eigenvalue weighted by Gasteiger charge is -2.25. The Kier molecular flexibility index (Phi) is 7.27. The van der Waals surface area contributed by atoms with Crippen LogP contribution in [0.1, 0.15) is 67.5 Å². The molecule has 5 aromatic carbocycles. The van der Waals surface area contributed by atoms with E-state index < -0.39 is 11.8 Å². The number of benzene rings is 5. The Balaban J connectivity index is 1.78. The van der Waals surface area contributed by atoms with E-state index in [1.807, 2.05) is 100 Å². The van der Waals surface area contributed by atoms with E-state index in [9.17, 15) is 20.4 Å². The zero-order chi connectivity index (χ0) is 28.6. The summed E-state index contributed by atoms with van der Waals surface area (Å²) in [6, 6.07) is 30.0. The van der Waals surface area contributed by atoms with Crippen LogP contribution in [-0.2, 0) is 0 Å². The summed E-state index contributed by atoms with van der Waals surface area (Å²) < 4.78 is 0. The van der Waals surface area contributed by atoms with Crippen LogP contribution in [0.25, 0.3) is 0 Å². The normalized spacial score (nSPS) is 11.3. The van der Waals surface area contributed by atoms with E-state index in [2.05, 4.69) is 0 Å². The largest absolute Gasteiger partial charge is 0.508 e. The maximum atomic E-state index is 11.0. The lowest BCUT2D eigenvalue weighted by molar-refractivity contribution is 0.458. The van der Waals surface area contributed by atoms with Crippen molar-refractivity contribution in [3.05, 3.63) is 153 Å². The Morgan fingerprint density at radius 1 is 0.375 bits per heavy atom. The molecule has 5 aromatic rings. The second kappa shape index (κ2) is 10.8. The van der Waals surface area contributed by atoms with Crippen LogP contribution in [0.5, 0.6) is 23.0 Å². The van der Waals surface area contributed by atoms with Crippen LogP contribution < -0.4 is 0 Å². The van der Waals surface area contributed by atoms with E-state index >= 15 is 0 Å². The molecule has 0 atom stereocenters. The average molecular weight is 531 g/mol. The van der Waals surface area contributed by atoms with E-state index in [0.717, 1.165) is 33.4 Å². The molecule has 0 fully saturated rings. The summed E-state index contributed by atoms with van der Waals surface area (Å²) in [5.74, 6) is -0.343. The molecule has 0 amide bonds. The van der Waals surface area contributed by atoms with E-state index in [0.29, 0.717) is 22.3 Å². The van der Waals surface area contributed by atoms with Crippen molar-refractivity contribution in [3.63, 3.8) is 0 Å². The highest BCUT2D eigenvalue weighted by atomic mass is 16.3. The summed E-state index contributed by atoms with van der Waals surface area (Å²) in [5.41, 5.74) is 8.45. The maximum Gasteiger partial charge on any atom is 0.119 e. The van der Waals surface area contributed by atoms with Crippen LogP contribution in [0.4, 0.5) is 0 Å². The minimum absolute atomic E-state index is 0.145. The predicted molar refractivity (Wildman–Crippen MR) is 160 cm³/mol. The highest BCUT2D eigenvalue weighted by Gasteiger charge is 2.27. The Hall–Kier alpha value is -4.70.